The molecule has 10 heteroatoms. The summed E-state index contributed by atoms with van der Waals surface area (Å²) in [5.41, 5.74) is 1.72. The highest BCUT2D eigenvalue weighted by Gasteiger charge is 2.42. The predicted octanol–water partition coefficient (Wildman–Crippen LogP) is 5.58. The van der Waals surface area contributed by atoms with Gasteiger partial charge in [0.25, 0.3) is 0 Å². The third kappa shape index (κ3) is 7.48. The molecule has 4 rings (SSSR count). The van der Waals surface area contributed by atoms with Gasteiger partial charge in [-0.05, 0) is 39.3 Å². The largest absolute Gasteiger partial charge is 0.497 e. The van der Waals surface area contributed by atoms with Crippen molar-refractivity contribution in [1.29, 1.82) is 0 Å². The summed E-state index contributed by atoms with van der Waals surface area (Å²) in [6.45, 7) is 7.69. The zero-order valence-electron chi connectivity index (χ0n) is 25.1. The van der Waals surface area contributed by atoms with E-state index < -0.39 is 29.9 Å². The van der Waals surface area contributed by atoms with Gasteiger partial charge in [-0.1, -0.05) is 48.8 Å². The summed E-state index contributed by atoms with van der Waals surface area (Å²) in [4.78, 5) is 36.8. The number of amides is 1. The molecular weight excluding hydrogens is 536 g/mol. The van der Waals surface area contributed by atoms with Crippen molar-refractivity contribution in [2.24, 2.45) is 5.16 Å². The van der Waals surface area contributed by atoms with Crippen molar-refractivity contribution in [1.82, 2.24) is 15.2 Å². The molecule has 2 aromatic carbocycles. The standard InChI is InChI=1S/C32H40N4O6/c1-7-11-22(20-37)33-30(35-40-6)28-17-24(19-36(28)31(38)42-32(2,3)4)41-29-18-26(21-12-9-8-10-13-21)34-27-16-23(39-5)14-15-25(27)29/h8-10,12-16,18,20,22,24,28H,7,11,17,19H2,1-6H3,(H,33,35)/t22-,24+,28-/m0/s1. The fourth-order valence-electron chi connectivity index (χ4n) is 4.96. The van der Waals surface area contributed by atoms with Crippen LogP contribution in [0.5, 0.6) is 11.5 Å². The maximum Gasteiger partial charge on any atom is 0.411 e. The van der Waals surface area contributed by atoms with Crippen molar-refractivity contribution in [2.75, 3.05) is 20.8 Å². The monoisotopic (exact) mass is 576 g/mol. The summed E-state index contributed by atoms with van der Waals surface area (Å²) in [6, 6.07) is 16.4. The highest BCUT2D eigenvalue weighted by Crippen LogP contribution is 2.35. The lowest BCUT2D eigenvalue weighted by Gasteiger charge is -2.29. The Morgan fingerprint density at radius 3 is 2.57 bits per heavy atom. The van der Waals surface area contributed by atoms with Gasteiger partial charge >= 0.3 is 6.09 Å². The van der Waals surface area contributed by atoms with Crippen LogP contribution in [0.15, 0.2) is 59.8 Å². The number of aromatic nitrogens is 1. The molecule has 0 radical (unpaired) electrons. The van der Waals surface area contributed by atoms with Crippen LogP contribution >= 0.6 is 0 Å². The molecule has 1 aromatic heterocycles. The molecule has 3 atom stereocenters. The number of benzene rings is 2. The zero-order valence-corrected chi connectivity index (χ0v) is 25.1. The van der Waals surface area contributed by atoms with E-state index in [9.17, 15) is 9.59 Å². The zero-order chi connectivity index (χ0) is 30.3. The minimum Gasteiger partial charge on any atom is -0.497 e. The average molecular weight is 577 g/mol. The van der Waals surface area contributed by atoms with E-state index in [1.54, 1.807) is 12.0 Å². The Morgan fingerprint density at radius 2 is 1.93 bits per heavy atom. The second-order valence-corrected chi connectivity index (χ2v) is 11.2. The molecule has 0 unspecified atom stereocenters. The van der Waals surface area contributed by atoms with E-state index in [1.165, 1.54) is 7.11 Å². The van der Waals surface area contributed by atoms with Gasteiger partial charge in [-0.3, -0.25) is 4.90 Å². The number of aldehydes is 1. The third-order valence-corrected chi connectivity index (χ3v) is 6.84. The summed E-state index contributed by atoms with van der Waals surface area (Å²) in [5.74, 6) is 1.69. The van der Waals surface area contributed by atoms with Crippen LogP contribution in [0.3, 0.4) is 0 Å². The first-order chi connectivity index (χ1) is 20.1. The number of carbonyl (C=O) groups excluding carboxylic acids is 2. The molecule has 1 amide bonds. The molecule has 10 nitrogen and oxygen atoms in total. The number of hydrogen-bond acceptors (Lipinski definition) is 8. The SMILES string of the molecule is CCC[C@@H](C=O)NC(=NOC)[C@@H]1C[C@@H](Oc2cc(-c3ccccc3)nc3cc(OC)ccc23)CN1C(=O)OC(C)(C)C. The second kappa shape index (κ2) is 13.5. The van der Waals surface area contributed by atoms with E-state index in [4.69, 9.17) is 24.0 Å². The fraction of sp³-hybridized carbons (Fsp3) is 0.438. The quantitative estimate of drug-likeness (QED) is 0.144. The normalized spacial score (nSPS) is 18.0. The highest BCUT2D eigenvalue weighted by molar-refractivity contribution is 5.92. The fourth-order valence-corrected chi connectivity index (χ4v) is 4.96. The van der Waals surface area contributed by atoms with Crippen LogP contribution in [-0.2, 0) is 14.4 Å². The molecule has 1 N–H and O–H groups in total. The van der Waals surface area contributed by atoms with Gasteiger partial charge in [0, 0.05) is 29.5 Å². The van der Waals surface area contributed by atoms with Gasteiger partial charge in [0.15, 0.2) is 5.84 Å². The number of amidine groups is 1. The molecule has 0 saturated carbocycles. The van der Waals surface area contributed by atoms with Crippen LogP contribution in [0.1, 0.15) is 47.0 Å². The van der Waals surface area contributed by atoms with Gasteiger partial charge in [-0.25, -0.2) is 9.78 Å². The highest BCUT2D eigenvalue weighted by atomic mass is 16.6. The van der Waals surface area contributed by atoms with Crippen LogP contribution < -0.4 is 14.8 Å². The number of carbonyl (C=O) groups is 2. The second-order valence-electron chi connectivity index (χ2n) is 11.2. The van der Waals surface area contributed by atoms with Crippen LogP contribution in [0, 0.1) is 0 Å². The number of hydrogen-bond donors (Lipinski definition) is 1. The van der Waals surface area contributed by atoms with Crippen molar-refractivity contribution in [3.8, 4) is 22.8 Å². The van der Waals surface area contributed by atoms with Crippen molar-refractivity contribution < 1.29 is 28.6 Å². The summed E-state index contributed by atoms with van der Waals surface area (Å²) < 4.78 is 17.8. The van der Waals surface area contributed by atoms with E-state index in [0.29, 0.717) is 30.2 Å². The maximum absolute atomic E-state index is 13.4. The van der Waals surface area contributed by atoms with E-state index in [-0.39, 0.29) is 6.54 Å². The summed E-state index contributed by atoms with van der Waals surface area (Å²) in [7, 11) is 3.05. The van der Waals surface area contributed by atoms with Crippen LogP contribution in [0.4, 0.5) is 4.79 Å². The molecule has 1 saturated heterocycles. The molecular formula is C32H40N4O6. The molecule has 0 spiro atoms. The number of methoxy groups -OCH3 is 1. The Labute approximate surface area is 247 Å². The van der Waals surface area contributed by atoms with Gasteiger partial charge in [0.2, 0.25) is 0 Å². The molecule has 3 aromatic rings. The van der Waals surface area contributed by atoms with E-state index in [0.717, 1.165) is 34.9 Å². The number of nitrogens with one attached hydrogen (secondary N) is 1. The Kier molecular flexibility index (Phi) is 9.88. The van der Waals surface area contributed by atoms with Crippen molar-refractivity contribution in [3.63, 3.8) is 0 Å². The Balaban J connectivity index is 1.71. The lowest BCUT2D eigenvalue weighted by molar-refractivity contribution is -0.109. The van der Waals surface area contributed by atoms with Crippen molar-refractivity contribution in [3.05, 3.63) is 54.6 Å². The molecule has 2 heterocycles. The maximum atomic E-state index is 13.4. The number of likely N-dealkylation sites (tertiary alicyclic amines) is 1. The van der Waals surface area contributed by atoms with Gasteiger partial charge in [0.05, 0.1) is 36.9 Å². The Hall–Kier alpha value is -4.34. The van der Waals surface area contributed by atoms with Crippen LogP contribution in [0.25, 0.3) is 22.2 Å². The Bertz CT molecular complexity index is 1410. The summed E-state index contributed by atoms with van der Waals surface area (Å²) in [6.07, 6.45) is 1.73. The van der Waals surface area contributed by atoms with Gasteiger partial charge < -0.3 is 29.2 Å². The number of rotatable bonds is 10. The third-order valence-electron chi connectivity index (χ3n) is 6.84. The lowest BCUT2D eigenvalue weighted by Crippen LogP contribution is -2.50. The first kappa shape index (κ1) is 30.6. The van der Waals surface area contributed by atoms with E-state index in [2.05, 4.69) is 10.5 Å². The molecule has 1 aliphatic rings. The van der Waals surface area contributed by atoms with Gasteiger partial charge in [-0.15, -0.1) is 0 Å². The predicted molar refractivity (Wildman–Crippen MR) is 162 cm³/mol. The number of pyridine rings is 1. The molecule has 0 aliphatic carbocycles. The number of fused-ring (bicyclic) bond motifs is 1. The van der Waals surface area contributed by atoms with Gasteiger partial charge in [0.1, 0.15) is 36.6 Å². The average Bonchev–Trinajstić information content (AvgIpc) is 3.39. The molecule has 1 aliphatic heterocycles. The minimum atomic E-state index is -0.703. The van der Waals surface area contributed by atoms with Crippen molar-refractivity contribution >= 4 is 29.1 Å². The molecule has 0 bridgehead atoms. The molecule has 1 fully saturated rings. The van der Waals surface area contributed by atoms with Crippen LogP contribution in [-0.4, -0.2) is 72.7 Å². The minimum absolute atomic E-state index is 0.240. The van der Waals surface area contributed by atoms with Crippen molar-refractivity contribution in [2.45, 2.75) is 70.7 Å². The van der Waals surface area contributed by atoms with E-state index in [1.807, 2.05) is 82.3 Å². The Morgan fingerprint density at radius 1 is 1.17 bits per heavy atom. The number of nitrogens with zero attached hydrogens (tertiary/aromatic N) is 3. The van der Waals surface area contributed by atoms with Crippen LogP contribution in [0.2, 0.25) is 0 Å². The van der Waals surface area contributed by atoms with E-state index >= 15 is 0 Å². The van der Waals surface area contributed by atoms with Gasteiger partial charge in [-0.2, -0.15) is 0 Å². The topological polar surface area (TPSA) is 112 Å². The molecule has 42 heavy (non-hydrogen) atoms. The molecule has 224 valence electrons. The lowest BCUT2D eigenvalue weighted by atomic mass is 10.1. The first-order valence-corrected chi connectivity index (χ1v) is 14.2. The number of oxime groups is 1. The smallest absolute Gasteiger partial charge is 0.411 e. The summed E-state index contributed by atoms with van der Waals surface area (Å²) in [5, 5.41) is 8.18. The first-order valence-electron chi connectivity index (χ1n) is 14.2. The summed E-state index contributed by atoms with van der Waals surface area (Å²) >= 11 is 0. The number of ether oxygens (including phenoxy) is 3.